The summed E-state index contributed by atoms with van der Waals surface area (Å²) in [6.07, 6.45) is -0.486. The third kappa shape index (κ3) is 2.96. The molecule has 0 radical (unpaired) electrons. The van der Waals surface area contributed by atoms with Crippen molar-refractivity contribution in [3.05, 3.63) is 16.5 Å². The van der Waals surface area contributed by atoms with Gasteiger partial charge in [0.15, 0.2) is 0 Å². The summed E-state index contributed by atoms with van der Waals surface area (Å²) in [5, 5.41) is 10.5. The predicted molar refractivity (Wildman–Crippen MR) is 60.6 cm³/mol. The van der Waals surface area contributed by atoms with Gasteiger partial charge in [0.1, 0.15) is 5.00 Å². The van der Waals surface area contributed by atoms with E-state index in [-0.39, 0.29) is 18.1 Å². The van der Waals surface area contributed by atoms with E-state index in [1.54, 1.807) is 19.2 Å². The second kappa shape index (κ2) is 4.98. The van der Waals surface area contributed by atoms with Crippen molar-refractivity contribution < 1.29 is 19.4 Å². The summed E-state index contributed by atoms with van der Waals surface area (Å²) in [4.78, 5) is 22.2. The minimum Gasteiger partial charge on any atom is -0.481 e. The van der Waals surface area contributed by atoms with Gasteiger partial charge in [-0.05, 0) is 24.8 Å². The Bertz CT molecular complexity index is 411. The third-order valence-electron chi connectivity index (χ3n) is 1.78. The maximum absolute atomic E-state index is 11.7. The van der Waals surface area contributed by atoms with E-state index in [1.165, 1.54) is 0 Å². The normalized spacial score (nSPS) is 10.4. The van der Waals surface area contributed by atoms with Gasteiger partial charge in [0, 0.05) is 0 Å². The molecule has 0 amide bonds. The van der Waals surface area contributed by atoms with Crippen molar-refractivity contribution in [3.63, 3.8) is 0 Å². The van der Waals surface area contributed by atoms with Crippen molar-refractivity contribution >= 4 is 28.3 Å². The molecule has 5 nitrogen and oxygen atoms in total. The SMILES string of the molecule is CC(C)OC(=O)c1c(CC(=O)O)csc1N. The molecule has 3 N–H and O–H groups in total. The molecule has 88 valence electrons. The predicted octanol–water partition coefficient (Wildman–Crippen LogP) is 1.52. The van der Waals surface area contributed by atoms with Crippen LogP contribution in [0, 0.1) is 0 Å². The zero-order chi connectivity index (χ0) is 12.3. The van der Waals surface area contributed by atoms with Crippen LogP contribution in [0.15, 0.2) is 5.38 Å². The second-order valence-electron chi connectivity index (χ2n) is 3.52. The number of ether oxygens (including phenoxy) is 1. The number of hydrogen-bond donors (Lipinski definition) is 2. The molecule has 1 heterocycles. The molecule has 0 aliphatic heterocycles. The fraction of sp³-hybridized carbons (Fsp3) is 0.400. The summed E-state index contributed by atoms with van der Waals surface area (Å²) >= 11 is 1.14. The zero-order valence-electron chi connectivity index (χ0n) is 9.02. The smallest absolute Gasteiger partial charge is 0.341 e. The van der Waals surface area contributed by atoms with Gasteiger partial charge in [0.05, 0.1) is 18.1 Å². The maximum atomic E-state index is 11.7. The number of thiophene rings is 1. The van der Waals surface area contributed by atoms with Gasteiger partial charge in [-0.1, -0.05) is 0 Å². The summed E-state index contributed by atoms with van der Waals surface area (Å²) in [6, 6.07) is 0. The highest BCUT2D eigenvalue weighted by atomic mass is 32.1. The Hall–Kier alpha value is -1.56. The summed E-state index contributed by atoms with van der Waals surface area (Å²) in [5.41, 5.74) is 6.20. The minimum absolute atomic E-state index is 0.182. The number of carbonyl (C=O) groups is 2. The van der Waals surface area contributed by atoms with E-state index in [0.29, 0.717) is 10.6 Å². The lowest BCUT2D eigenvalue weighted by Gasteiger charge is -2.08. The molecule has 16 heavy (non-hydrogen) atoms. The van der Waals surface area contributed by atoms with Crippen molar-refractivity contribution in [3.8, 4) is 0 Å². The van der Waals surface area contributed by atoms with Crippen LogP contribution in [0.3, 0.4) is 0 Å². The molecule has 1 aromatic rings. The first-order chi connectivity index (χ1) is 7.41. The highest BCUT2D eigenvalue weighted by Gasteiger charge is 2.21. The molecule has 0 aliphatic rings. The standard InChI is InChI=1S/C10H13NO4S/c1-5(2)15-10(14)8-6(3-7(12)13)4-16-9(8)11/h4-5H,3,11H2,1-2H3,(H,12,13). The second-order valence-corrected chi connectivity index (χ2v) is 4.44. The number of aliphatic carboxylic acids is 1. The Morgan fingerprint density at radius 1 is 1.56 bits per heavy atom. The number of hydrogen-bond acceptors (Lipinski definition) is 5. The number of esters is 1. The molecule has 0 atom stereocenters. The van der Waals surface area contributed by atoms with Gasteiger partial charge in [-0.25, -0.2) is 4.79 Å². The Kier molecular flexibility index (Phi) is 3.89. The molecule has 0 aromatic carbocycles. The van der Waals surface area contributed by atoms with Crippen LogP contribution in [0.4, 0.5) is 5.00 Å². The van der Waals surface area contributed by atoms with Crippen LogP contribution in [0.25, 0.3) is 0 Å². The van der Waals surface area contributed by atoms with Crippen LogP contribution in [-0.2, 0) is 16.0 Å². The number of rotatable bonds is 4. The Balaban J connectivity index is 2.97. The molecular formula is C10H13NO4S. The first-order valence-electron chi connectivity index (χ1n) is 4.70. The lowest BCUT2D eigenvalue weighted by atomic mass is 10.1. The van der Waals surface area contributed by atoms with Crippen molar-refractivity contribution in [2.24, 2.45) is 0 Å². The molecule has 0 spiro atoms. The summed E-state index contributed by atoms with van der Waals surface area (Å²) in [5.74, 6) is -1.57. The molecule has 1 aromatic heterocycles. The van der Waals surface area contributed by atoms with E-state index in [4.69, 9.17) is 15.6 Å². The van der Waals surface area contributed by atoms with Crippen LogP contribution in [0.2, 0.25) is 0 Å². The van der Waals surface area contributed by atoms with Gasteiger partial charge in [-0.2, -0.15) is 0 Å². The maximum Gasteiger partial charge on any atom is 0.341 e. The van der Waals surface area contributed by atoms with Gasteiger partial charge in [0.25, 0.3) is 0 Å². The van der Waals surface area contributed by atoms with Crippen molar-refractivity contribution in [1.82, 2.24) is 0 Å². The van der Waals surface area contributed by atoms with Crippen molar-refractivity contribution in [1.29, 1.82) is 0 Å². The topological polar surface area (TPSA) is 89.6 Å². The van der Waals surface area contributed by atoms with Crippen LogP contribution in [-0.4, -0.2) is 23.1 Å². The highest BCUT2D eigenvalue weighted by molar-refractivity contribution is 7.14. The summed E-state index contributed by atoms with van der Waals surface area (Å²) < 4.78 is 4.99. The molecule has 0 fully saturated rings. The van der Waals surface area contributed by atoms with E-state index in [1.807, 2.05) is 0 Å². The number of anilines is 1. The molecule has 0 saturated heterocycles. The average molecular weight is 243 g/mol. The van der Waals surface area contributed by atoms with Crippen molar-refractivity contribution in [2.75, 3.05) is 5.73 Å². The molecule has 0 bridgehead atoms. The lowest BCUT2D eigenvalue weighted by molar-refractivity contribution is -0.136. The quantitative estimate of drug-likeness (QED) is 0.782. The molecule has 0 aliphatic carbocycles. The van der Waals surface area contributed by atoms with Gasteiger partial charge in [-0.3, -0.25) is 4.79 Å². The van der Waals surface area contributed by atoms with Gasteiger partial charge >= 0.3 is 11.9 Å². The van der Waals surface area contributed by atoms with E-state index in [9.17, 15) is 9.59 Å². The Labute approximate surface area is 96.8 Å². The molecule has 0 unspecified atom stereocenters. The van der Waals surface area contributed by atoms with Crippen molar-refractivity contribution in [2.45, 2.75) is 26.4 Å². The number of carboxylic acid groups (broad SMARTS) is 1. The Morgan fingerprint density at radius 2 is 2.19 bits per heavy atom. The fourth-order valence-corrected chi connectivity index (χ4v) is 2.01. The Morgan fingerprint density at radius 3 is 2.69 bits per heavy atom. The first-order valence-corrected chi connectivity index (χ1v) is 5.58. The van der Waals surface area contributed by atoms with Crippen LogP contribution >= 0.6 is 11.3 Å². The summed E-state index contributed by atoms with van der Waals surface area (Å²) in [7, 11) is 0. The van der Waals surface area contributed by atoms with E-state index < -0.39 is 11.9 Å². The number of carbonyl (C=O) groups excluding carboxylic acids is 1. The zero-order valence-corrected chi connectivity index (χ0v) is 9.84. The van der Waals surface area contributed by atoms with Gasteiger partial charge in [0.2, 0.25) is 0 Å². The fourth-order valence-electron chi connectivity index (χ4n) is 1.21. The first kappa shape index (κ1) is 12.5. The number of nitrogen functional groups attached to an aromatic ring is 1. The van der Waals surface area contributed by atoms with Crippen LogP contribution in [0.5, 0.6) is 0 Å². The minimum atomic E-state index is -1.00. The highest BCUT2D eigenvalue weighted by Crippen LogP contribution is 2.26. The third-order valence-corrected chi connectivity index (χ3v) is 2.64. The molecule has 0 saturated carbocycles. The molecule has 1 rings (SSSR count). The van der Waals surface area contributed by atoms with Gasteiger partial charge < -0.3 is 15.6 Å². The van der Waals surface area contributed by atoms with Crippen LogP contribution < -0.4 is 5.73 Å². The van der Waals surface area contributed by atoms with E-state index >= 15 is 0 Å². The van der Waals surface area contributed by atoms with E-state index in [0.717, 1.165) is 11.3 Å². The van der Waals surface area contributed by atoms with Crippen LogP contribution in [0.1, 0.15) is 29.8 Å². The monoisotopic (exact) mass is 243 g/mol. The molecular weight excluding hydrogens is 230 g/mol. The number of nitrogens with two attached hydrogens (primary N) is 1. The van der Waals surface area contributed by atoms with E-state index in [2.05, 4.69) is 0 Å². The number of carboxylic acids is 1. The molecule has 6 heteroatoms. The van der Waals surface area contributed by atoms with Gasteiger partial charge in [-0.15, -0.1) is 11.3 Å². The lowest BCUT2D eigenvalue weighted by Crippen LogP contribution is -2.15. The largest absolute Gasteiger partial charge is 0.481 e. The average Bonchev–Trinajstić information content (AvgIpc) is 2.44. The summed E-state index contributed by atoms with van der Waals surface area (Å²) in [6.45, 7) is 3.44.